The summed E-state index contributed by atoms with van der Waals surface area (Å²) in [7, 11) is -2.14. The second-order valence-corrected chi connectivity index (χ2v) is 8.89. The van der Waals surface area contributed by atoms with Crippen LogP contribution in [0.3, 0.4) is 0 Å². The number of fused-ring (bicyclic) bond motifs is 1. The van der Waals surface area contributed by atoms with Crippen LogP contribution in [-0.2, 0) is 10.0 Å². The third kappa shape index (κ3) is 3.74. The molecule has 0 aliphatic carbocycles. The Morgan fingerprint density at radius 1 is 1.11 bits per heavy atom. The van der Waals surface area contributed by atoms with Crippen LogP contribution in [0.5, 0.6) is 5.75 Å². The molecule has 0 bridgehead atoms. The van der Waals surface area contributed by atoms with Crippen molar-refractivity contribution >= 4 is 21.1 Å². The van der Waals surface area contributed by atoms with Crippen molar-refractivity contribution in [3.63, 3.8) is 0 Å². The zero-order chi connectivity index (χ0) is 20.6. The molecule has 0 aliphatic heterocycles. The lowest BCUT2D eigenvalue weighted by Crippen LogP contribution is -2.30. The zero-order valence-electron chi connectivity index (χ0n) is 16.5. The van der Waals surface area contributed by atoms with Gasteiger partial charge in [-0.3, -0.25) is 0 Å². The molecular formula is C20H24FN3O3S. The fraction of sp³-hybridized carbons (Fsp3) is 0.350. The number of ether oxygens (including phenoxy) is 1. The van der Waals surface area contributed by atoms with Crippen LogP contribution in [0.15, 0.2) is 41.3 Å². The molecule has 0 saturated carbocycles. The standard InChI is InChI=1S/C20H24FN3O3S/c1-12(2)23-28(25,26)15-7-9-19-18(11-15)22-20(24(19)13(3)4)16-10-14(27-5)6-8-17(16)21/h6-13,23H,1-5H3. The predicted octanol–water partition coefficient (Wildman–Crippen LogP) is 4.12. The first-order chi connectivity index (χ1) is 13.1. The van der Waals surface area contributed by atoms with Crippen LogP contribution in [0.4, 0.5) is 4.39 Å². The largest absolute Gasteiger partial charge is 0.497 e. The molecule has 150 valence electrons. The van der Waals surface area contributed by atoms with Crippen LogP contribution < -0.4 is 9.46 Å². The third-order valence-electron chi connectivity index (χ3n) is 4.29. The normalized spacial score (nSPS) is 12.3. The number of hydrogen-bond acceptors (Lipinski definition) is 4. The quantitative estimate of drug-likeness (QED) is 0.670. The topological polar surface area (TPSA) is 73.2 Å². The number of halogens is 1. The molecule has 0 atom stereocenters. The molecule has 2 aromatic carbocycles. The number of sulfonamides is 1. The summed E-state index contributed by atoms with van der Waals surface area (Å²) in [6.45, 7) is 7.45. The average molecular weight is 405 g/mol. The van der Waals surface area contributed by atoms with Gasteiger partial charge in [-0.15, -0.1) is 0 Å². The lowest BCUT2D eigenvalue weighted by atomic mass is 10.1. The molecule has 8 heteroatoms. The Kier molecular flexibility index (Phi) is 5.45. The Labute approximate surface area is 164 Å². The van der Waals surface area contributed by atoms with E-state index in [4.69, 9.17) is 4.74 Å². The molecule has 0 amide bonds. The number of methoxy groups -OCH3 is 1. The molecule has 0 radical (unpaired) electrons. The van der Waals surface area contributed by atoms with Crippen LogP contribution in [0.25, 0.3) is 22.4 Å². The van der Waals surface area contributed by atoms with Crippen LogP contribution in [0, 0.1) is 5.82 Å². The molecule has 3 rings (SSSR count). The number of benzene rings is 2. The number of aromatic nitrogens is 2. The first-order valence-electron chi connectivity index (χ1n) is 9.02. The van der Waals surface area contributed by atoms with E-state index in [0.717, 1.165) is 5.52 Å². The third-order valence-corrected chi connectivity index (χ3v) is 5.95. The molecule has 1 heterocycles. The Hall–Kier alpha value is -2.45. The Bertz CT molecular complexity index is 1120. The van der Waals surface area contributed by atoms with E-state index in [-0.39, 0.29) is 17.0 Å². The predicted molar refractivity (Wildman–Crippen MR) is 108 cm³/mol. The highest BCUT2D eigenvalue weighted by Crippen LogP contribution is 2.33. The summed E-state index contributed by atoms with van der Waals surface area (Å²) >= 11 is 0. The number of rotatable bonds is 6. The lowest BCUT2D eigenvalue weighted by Gasteiger charge is -2.14. The number of imidazole rings is 1. The van der Waals surface area contributed by atoms with E-state index in [1.165, 1.54) is 19.2 Å². The SMILES string of the molecule is COc1ccc(F)c(-c2nc3cc(S(=O)(=O)NC(C)C)ccc3n2C(C)C)c1. The van der Waals surface area contributed by atoms with Crippen molar-refractivity contribution in [2.45, 2.75) is 44.7 Å². The van der Waals surface area contributed by atoms with E-state index in [0.29, 0.717) is 22.7 Å². The molecule has 1 aromatic heterocycles. The van der Waals surface area contributed by atoms with Crippen molar-refractivity contribution in [1.29, 1.82) is 0 Å². The van der Waals surface area contributed by atoms with E-state index in [9.17, 15) is 12.8 Å². The van der Waals surface area contributed by atoms with Crippen molar-refractivity contribution < 1.29 is 17.5 Å². The maximum absolute atomic E-state index is 14.6. The van der Waals surface area contributed by atoms with Crippen LogP contribution in [0.2, 0.25) is 0 Å². The molecule has 0 aliphatic rings. The van der Waals surface area contributed by atoms with Crippen LogP contribution in [0.1, 0.15) is 33.7 Å². The van der Waals surface area contributed by atoms with Crippen molar-refractivity contribution in [3.8, 4) is 17.1 Å². The van der Waals surface area contributed by atoms with Gasteiger partial charge >= 0.3 is 0 Å². The smallest absolute Gasteiger partial charge is 0.240 e. The van der Waals surface area contributed by atoms with Crippen molar-refractivity contribution in [1.82, 2.24) is 14.3 Å². The van der Waals surface area contributed by atoms with E-state index in [1.807, 2.05) is 18.4 Å². The molecule has 6 nitrogen and oxygen atoms in total. The van der Waals surface area contributed by atoms with Gasteiger partial charge < -0.3 is 9.30 Å². The molecule has 3 aromatic rings. The van der Waals surface area contributed by atoms with Crippen molar-refractivity contribution in [2.24, 2.45) is 0 Å². The van der Waals surface area contributed by atoms with Crippen molar-refractivity contribution in [2.75, 3.05) is 7.11 Å². The van der Waals surface area contributed by atoms with Gasteiger partial charge in [-0.2, -0.15) is 0 Å². The summed E-state index contributed by atoms with van der Waals surface area (Å²) < 4.78 is 49.2. The first kappa shape index (κ1) is 20.3. The van der Waals surface area contributed by atoms with Gasteiger partial charge in [0.05, 0.1) is 28.6 Å². The summed E-state index contributed by atoms with van der Waals surface area (Å²) in [5.41, 5.74) is 1.52. The molecular weight excluding hydrogens is 381 g/mol. The lowest BCUT2D eigenvalue weighted by molar-refractivity contribution is 0.414. The maximum atomic E-state index is 14.6. The van der Waals surface area contributed by atoms with Crippen LogP contribution >= 0.6 is 0 Å². The summed E-state index contributed by atoms with van der Waals surface area (Å²) in [5.74, 6) is 0.517. The molecule has 0 spiro atoms. The van der Waals surface area contributed by atoms with E-state index >= 15 is 0 Å². The second-order valence-electron chi connectivity index (χ2n) is 7.17. The monoisotopic (exact) mass is 405 g/mol. The average Bonchev–Trinajstić information content (AvgIpc) is 2.99. The summed E-state index contributed by atoms with van der Waals surface area (Å²) in [4.78, 5) is 4.69. The van der Waals surface area contributed by atoms with Gasteiger partial charge in [-0.25, -0.2) is 22.5 Å². The maximum Gasteiger partial charge on any atom is 0.240 e. The van der Waals surface area contributed by atoms with Gasteiger partial charge in [-0.05, 0) is 64.1 Å². The highest BCUT2D eigenvalue weighted by molar-refractivity contribution is 7.89. The number of nitrogens with zero attached hydrogens (tertiary/aromatic N) is 2. The highest BCUT2D eigenvalue weighted by atomic mass is 32.2. The fourth-order valence-electron chi connectivity index (χ4n) is 3.14. The van der Waals surface area contributed by atoms with E-state index < -0.39 is 15.8 Å². The number of hydrogen-bond donors (Lipinski definition) is 1. The Morgan fingerprint density at radius 2 is 1.82 bits per heavy atom. The number of nitrogens with one attached hydrogen (secondary N) is 1. The minimum Gasteiger partial charge on any atom is -0.497 e. The fourth-order valence-corrected chi connectivity index (χ4v) is 4.41. The van der Waals surface area contributed by atoms with Gasteiger partial charge in [0.2, 0.25) is 10.0 Å². The van der Waals surface area contributed by atoms with Crippen LogP contribution in [-0.4, -0.2) is 31.1 Å². The van der Waals surface area contributed by atoms with Gasteiger partial charge in [0.15, 0.2) is 0 Å². The first-order valence-corrected chi connectivity index (χ1v) is 10.5. The second kappa shape index (κ2) is 7.52. The molecule has 0 unspecified atom stereocenters. The molecule has 28 heavy (non-hydrogen) atoms. The van der Waals surface area contributed by atoms with E-state index in [2.05, 4.69) is 9.71 Å². The Balaban J connectivity index is 2.24. The van der Waals surface area contributed by atoms with Crippen molar-refractivity contribution in [3.05, 3.63) is 42.2 Å². The molecule has 0 fully saturated rings. The molecule has 0 saturated heterocycles. The van der Waals surface area contributed by atoms with Gasteiger partial charge in [0, 0.05) is 12.1 Å². The summed E-state index contributed by atoms with van der Waals surface area (Å²) in [6, 6.07) is 8.99. The minimum absolute atomic E-state index is 0.0122. The molecule has 1 N–H and O–H groups in total. The van der Waals surface area contributed by atoms with Gasteiger partial charge in [-0.1, -0.05) is 0 Å². The summed E-state index contributed by atoms with van der Waals surface area (Å²) in [6.07, 6.45) is 0. The summed E-state index contributed by atoms with van der Waals surface area (Å²) in [5, 5.41) is 0. The van der Waals surface area contributed by atoms with Gasteiger partial charge in [0.1, 0.15) is 17.4 Å². The van der Waals surface area contributed by atoms with Gasteiger partial charge in [0.25, 0.3) is 0 Å². The van der Waals surface area contributed by atoms with E-state index in [1.54, 1.807) is 38.1 Å². The Morgan fingerprint density at radius 3 is 2.43 bits per heavy atom. The minimum atomic E-state index is -3.65. The zero-order valence-corrected chi connectivity index (χ0v) is 17.3. The highest BCUT2D eigenvalue weighted by Gasteiger charge is 2.21.